The van der Waals surface area contributed by atoms with Crippen molar-refractivity contribution in [3.8, 4) is 0 Å². The maximum absolute atomic E-state index is 11.5. The van der Waals surface area contributed by atoms with Gasteiger partial charge in [0.15, 0.2) is 0 Å². The molecule has 0 aliphatic carbocycles. The van der Waals surface area contributed by atoms with E-state index in [0.29, 0.717) is 6.54 Å². The molecule has 0 aromatic carbocycles. The first-order valence-electron chi connectivity index (χ1n) is 4.87. The molecule has 15 heavy (non-hydrogen) atoms. The van der Waals surface area contributed by atoms with Crippen molar-refractivity contribution in [2.75, 3.05) is 0 Å². The van der Waals surface area contributed by atoms with Crippen molar-refractivity contribution in [1.29, 1.82) is 0 Å². The number of aromatic nitrogens is 2. The maximum Gasteiger partial charge on any atom is 0.239 e. The Balaban J connectivity index is 2.58. The highest BCUT2D eigenvalue weighted by molar-refractivity contribution is 5.84. The van der Waals surface area contributed by atoms with Crippen molar-refractivity contribution >= 4 is 5.91 Å². The fraction of sp³-hybridized carbons (Fsp3) is 0.600. The lowest BCUT2D eigenvalue weighted by Crippen LogP contribution is -2.48. The number of aryl methyl sites for hydroxylation is 2. The molecule has 0 aliphatic rings. The minimum atomic E-state index is -0.837. The minimum Gasteiger partial charge on any atom is -0.350 e. The highest BCUT2D eigenvalue weighted by Crippen LogP contribution is 2.04. The Morgan fingerprint density at radius 2 is 2.27 bits per heavy atom. The quantitative estimate of drug-likeness (QED) is 0.742. The molecule has 0 fully saturated rings. The summed E-state index contributed by atoms with van der Waals surface area (Å²) in [7, 11) is 1.85. The van der Waals surface area contributed by atoms with E-state index in [1.54, 1.807) is 18.5 Å². The number of nitrogens with zero attached hydrogens (tertiary/aromatic N) is 2. The lowest BCUT2D eigenvalue weighted by Gasteiger charge is -2.17. The minimum absolute atomic E-state index is 0.161. The molecular weight excluding hydrogens is 192 g/mol. The Morgan fingerprint density at radius 3 is 2.67 bits per heavy atom. The third-order valence-corrected chi connectivity index (χ3v) is 2.14. The van der Waals surface area contributed by atoms with E-state index < -0.39 is 5.54 Å². The molecule has 0 atom stereocenters. The second-order valence-electron chi connectivity index (χ2n) is 4.32. The van der Waals surface area contributed by atoms with Crippen molar-refractivity contribution in [3.63, 3.8) is 0 Å². The van der Waals surface area contributed by atoms with Gasteiger partial charge in [-0.05, 0) is 20.8 Å². The zero-order valence-corrected chi connectivity index (χ0v) is 9.66. The van der Waals surface area contributed by atoms with Gasteiger partial charge in [-0.1, -0.05) is 0 Å². The fourth-order valence-corrected chi connectivity index (χ4v) is 1.23. The molecule has 3 N–H and O–H groups in total. The molecule has 1 aromatic rings. The van der Waals surface area contributed by atoms with Gasteiger partial charge < -0.3 is 11.1 Å². The lowest BCUT2D eigenvalue weighted by molar-refractivity contribution is -0.125. The predicted octanol–water partition coefficient (Wildman–Crippen LogP) is 0.0820. The molecule has 0 aliphatic heterocycles. The molecule has 0 saturated heterocycles. The number of amides is 1. The second kappa shape index (κ2) is 4.02. The molecule has 1 amide bonds. The number of carbonyl (C=O) groups is 1. The van der Waals surface area contributed by atoms with Crippen LogP contribution in [-0.4, -0.2) is 21.2 Å². The van der Waals surface area contributed by atoms with Crippen LogP contribution in [0, 0.1) is 6.92 Å². The van der Waals surface area contributed by atoms with Gasteiger partial charge in [0.25, 0.3) is 0 Å². The number of hydrogen-bond donors (Lipinski definition) is 2. The molecule has 1 heterocycles. The highest BCUT2D eigenvalue weighted by Gasteiger charge is 2.21. The molecule has 5 nitrogen and oxygen atoms in total. The van der Waals surface area contributed by atoms with E-state index in [0.717, 1.165) is 11.3 Å². The molecule has 1 aromatic heterocycles. The Labute approximate surface area is 89.6 Å². The van der Waals surface area contributed by atoms with Gasteiger partial charge in [0.2, 0.25) is 5.91 Å². The Hall–Kier alpha value is -1.36. The Bertz CT molecular complexity index is 362. The molecule has 5 heteroatoms. The topological polar surface area (TPSA) is 72.9 Å². The smallest absolute Gasteiger partial charge is 0.239 e. The first-order chi connectivity index (χ1) is 6.80. The second-order valence-corrected chi connectivity index (χ2v) is 4.32. The first kappa shape index (κ1) is 11.7. The fourth-order valence-electron chi connectivity index (χ4n) is 1.23. The van der Waals surface area contributed by atoms with E-state index in [1.165, 1.54) is 0 Å². The van der Waals surface area contributed by atoms with E-state index in [4.69, 9.17) is 5.73 Å². The van der Waals surface area contributed by atoms with Crippen molar-refractivity contribution in [3.05, 3.63) is 17.5 Å². The van der Waals surface area contributed by atoms with Gasteiger partial charge in [-0.25, -0.2) is 0 Å². The summed E-state index contributed by atoms with van der Waals surface area (Å²) in [6.45, 7) is 5.74. The van der Waals surface area contributed by atoms with Crippen LogP contribution in [0.2, 0.25) is 0 Å². The standard InChI is InChI=1S/C10H18N4O/c1-7-8(6-14(4)13-7)5-12-9(15)10(2,3)11/h6H,5,11H2,1-4H3,(H,12,15). The van der Waals surface area contributed by atoms with Crippen molar-refractivity contribution in [2.24, 2.45) is 12.8 Å². The molecule has 0 spiro atoms. The zero-order valence-electron chi connectivity index (χ0n) is 9.66. The third-order valence-electron chi connectivity index (χ3n) is 2.14. The molecule has 0 bridgehead atoms. The monoisotopic (exact) mass is 210 g/mol. The van der Waals surface area contributed by atoms with Gasteiger partial charge >= 0.3 is 0 Å². The normalized spacial score (nSPS) is 11.5. The molecule has 84 valence electrons. The summed E-state index contributed by atoms with van der Waals surface area (Å²) >= 11 is 0. The van der Waals surface area contributed by atoms with Crippen LogP contribution in [-0.2, 0) is 18.4 Å². The van der Waals surface area contributed by atoms with Crippen LogP contribution in [0.15, 0.2) is 6.20 Å². The predicted molar refractivity (Wildman–Crippen MR) is 58.1 cm³/mol. The summed E-state index contributed by atoms with van der Waals surface area (Å²) in [5.74, 6) is -0.161. The molecule has 0 saturated carbocycles. The average Bonchev–Trinajstić information content (AvgIpc) is 2.39. The summed E-state index contributed by atoms with van der Waals surface area (Å²) in [5, 5.41) is 6.96. The van der Waals surface area contributed by atoms with Crippen LogP contribution in [0.3, 0.4) is 0 Å². The summed E-state index contributed by atoms with van der Waals surface area (Å²) < 4.78 is 1.73. The Kier molecular flexibility index (Phi) is 3.14. The van der Waals surface area contributed by atoms with Crippen molar-refractivity contribution < 1.29 is 4.79 Å². The van der Waals surface area contributed by atoms with E-state index in [-0.39, 0.29) is 5.91 Å². The molecule has 1 rings (SSSR count). The lowest BCUT2D eigenvalue weighted by atomic mass is 10.1. The number of rotatable bonds is 3. The first-order valence-corrected chi connectivity index (χ1v) is 4.87. The summed E-state index contributed by atoms with van der Waals surface area (Å²) in [6.07, 6.45) is 1.89. The van der Waals surface area contributed by atoms with Crippen LogP contribution in [0.4, 0.5) is 0 Å². The highest BCUT2D eigenvalue weighted by atomic mass is 16.2. The van der Waals surface area contributed by atoms with Crippen LogP contribution in [0.1, 0.15) is 25.1 Å². The number of carbonyl (C=O) groups excluding carboxylic acids is 1. The number of nitrogens with one attached hydrogen (secondary N) is 1. The molecule has 0 unspecified atom stereocenters. The van der Waals surface area contributed by atoms with Gasteiger partial charge in [-0.15, -0.1) is 0 Å². The van der Waals surface area contributed by atoms with Crippen molar-refractivity contribution in [1.82, 2.24) is 15.1 Å². The number of nitrogens with two attached hydrogens (primary N) is 1. The van der Waals surface area contributed by atoms with Gasteiger partial charge in [-0.3, -0.25) is 9.48 Å². The average molecular weight is 210 g/mol. The van der Waals surface area contributed by atoms with Crippen molar-refractivity contribution in [2.45, 2.75) is 32.9 Å². The number of hydrogen-bond acceptors (Lipinski definition) is 3. The third kappa shape index (κ3) is 3.06. The van der Waals surface area contributed by atoms with Gasteiger partial charge in [0.1, 0.15) is 0 Å². The summed E-state index contributed by atoms with van der Waals surface area (Å²) in [6, 6.07) is 0. The van der Waals surface area contributed by atoms with E-state index >= 15 is 0 Å². The van der Waals surface area contributed by atoms with Crippen LogP contribution in [0.25, 0.3) is 0 Å². The van der Waals surface area contributed by atoms with E-state index in [2.05, 4.69) is 10.4 Å². The SMILES string of the molecule is Cc1nn(C)cc1CNC(=O)C(C)(C)N. The van der Waals surface area contributed by atoms with Gasteiger partial charge in [-0.2, -0.15) is 5.10 Å². The van der Waals surface area contributed by atoms with E-state index in [1.807, 2.05) is 20.2 Å². The summed E-state index contributed by atoms with van der Waals surface area (Å²) in [5.41, 5.74) is 6.75. The molecule has 0 radical (unpaired) electrons. The van der Waals surface area contributed by atoms with Gasteiger partial charge in [0, 0.05) is 25.4 Å². The largest absolute Gasteiger partial charge is 0.350 e. The Morgan fingerprint density at radius 1 is 1.67 bits per heavy atom. The van der Waals surface area contributed by atoms with E-state index in [9.17, 15) is 4.79 Å². The van der Waals surface area contributed by atoms with Gasteiger partial charge in [0.05, 0.1) is 11.2 Å². The maximum atomic E-state index is 11.5. The van der Waals surface area contributed by atoms with Crippen LogP contribution in [0.5, 0.6) is 0 Å². The molecular formula is C10H18N4O. The van der Waals surface area contributed by atoms with Crippen LogP contribution >= 0.6 is 0 Å². The summed E-state index contributed by atoms with van der Waals surface area (Å²) in [4.78, 5) is 11.5. The zero-order chi connectivity index (χ0) is 11.6. The van der Waals surface area contributed by atoms with Crippen LogP contribution < -0.4 is 11.1 Å².